The van der Waals surface area contributed by atoms with Gasteiger partial charge in [-0.2, -0.15) is 0 Å². The number of nitrogens with zero attached hydrogens (tertiary/aromatic N) is 5. The SMILES string of the molecule is CN1CCN(C2CCN(C(=O)c3cnc(Oc4ccccc4)cn3)CC2)CC1. The molecule has 7 heteroatoms. The van der Waals surface area contributed by atoms with Gasteiger partial charge in [-0.25, -0.2) is 9.97 Å². The maximum atomic E-state index is 12.8. The minimum atomic E-state index is -0.0458. The van der Waals surface area contributed by atoms with E-state index in [9.17, 15) is 4.79 Å². The van der Waals surface area contributed by atoms with Gasteiger partial charge in [-0.15, -0.1) is 0 Å². The summed E-state index contributed by atoms with van der Waals surface area (Å²) in [6.07, 6.45) is 5.07. The lowest BCUT2D eigenvalue weighted by atomic mass is 10.0. The molecule has 0 radical (unpaired) electrons. The fourth-order valence-corrected chi connectivity index (χ4v) is 3.87. The highest BCUT2D eigenvalue weighted by Crippen LogP contribution is 2.21. The lowest BCUT2D eigenvalue weighted by Gasteiger charge is -2.42. The summed E-state index contributed by atoms with van der Waals surface area (Å²) in [4.78, 5) is 28.1. The van der Waals surface area contributed by atoms with E-state index in [2.05, 4.69) is 26.8 Å². The van der Waals surface area contributed by atoms with Crippen molar-refractivity contribution in [2.75, 3.05) is 46.3 Å². The van der Waals surface area contributed by atoms with E-state index >= 15 is 0 Å². The van der Waals surface area contributed by atoms with E-state index in [0.29, 0.717) is 23.4 Å². The van der Waals surface area contributed by atoms with Crippen LogP contribution in [0.25, 0.3) is 0 Å². The Morgan fingerprint density at radius 3 is 2.32 bits per heavy atom. The third-order valence-electron chi connectivity index (χ3n) is 5.62. The molecule has 4 rings (SSSR count). The molecule has 0 aliphatic carbocycles. The molecule has 7 nitrogen and oxygen atoms in total. The van der Waals surface area contributed by atoms with Crippen LogP contribution in [-0.4, -0.2) is 82.9 Å². The monoisotopic (exact) mass is 381 g/mol. The van der Waals surface area contributed by atoms with Crippen LogP contribution in [0.3, 0.4) is 0 Å². The first-order valence-corrected chi connectivity index (χ1v) is 9.96. The van der Waals surface area contributed by atoms with Gasteiger partial charge in [0.05, 0.1) is 12.4 Å². The standard InChI is InChI=1S/C21H27N5O2/c1-24-11-13-25(14-12-24)17-7-9-26(10-8-17)21(27)19-15-23-20(16-22-19)28-18-5-3-2-4-6-18/h2-6,15-17H,7-14H2,1H3. The number of carbonyl (C=O) groups excluding carboxylic acids is 1. The molecular formula is C21H27N5O2. The number of amides is 1. The summed E-state index contributed by atoms with van der Waals surface area (Å²) in [5, 5.41) is 0. The van der Waals surface area contributed by atoms with Gasteiger partial charge in [0.2, 0.25) is 5.88 Å². The Balaban J connectivity index is 1.30. The van der Waals surface area contributed by atoms with E-state index in [1.165, 1.54) is 12.4 Å². The Morgan fingerprint density at radius 2 is 1.68 bits per heavy atom. The number of hydrogen-bond acceptors (Lipinski definition) is 6. The van der Waals surface area contributed by atoms with Gasteiger partial charge in [-0.1, -0.05) is 18.2 Å². The van der Waals surface area contributed by atoms with Crippen LogP contribution in [0.4, 0.5) is 0 Å². The molecule has 28 heavy (non-hydrogen) atoms. The summed E-state index contributed by atoms with van der Waals surface area (Å²) in [5.74, 6) is 1.04. The van der Waals surface area contributed by atoms with Crippen molar-refractivity contribution in [2.24, 2.45) is 0 Å². The maximum Gasteiger partial charge on any atom is 0.274 e. The third-order valence-corrected chi connectivity index (χ3v) is 5.62. The number of likely N-dealkylation sites (tertiary alicyclic amines) is 1. The minimum absolute atomic E-state index is 0.0458. The second-order valence-electron chi connectivity index (χ2n) is 7.52. The van der Waals surface area contributed by atoms with Crippen LogP contribution in [0.2, 0.25) is 0 Å². The molecule has 0 atom stereocenters. The molecule has 1 aromatic heterocycles. The van der Waals surface area contributed by atoms with Crippen LogP contribution in [-0.2, 0) is 0 Å². The molecule has 0 bridgehead atoms. The summed E-state index contributed by atoms with van der Waals surface area (Å²) in [5.41, 5.74) is 0.374. The molecular weight excluding hydrogens is 354 g/mol. The van der Waals surface area contributed by atoms with Crippen molar-refractivity contribution < 1.29 is 9.53 Å². The van der Waals surface area contributed by atoms with Gasteiger partial charge < -0.3 is 14.5 Å². The zero-order chi connectivity index (χ0) is 19.3. The van der Waals surface area contributed by atoms with Gasteiger partial charge in [0.1, 0.15) is 11.4 Å². The third kappa shape index (κ3) is 4.48. The van der Waals surface area contributed by atoms with E-state index in [0.717, 1.165) is 52.1 Å². The van der Waals surface area contributed by atoms with Gasteiger partial charge in [-0.05, 0) is 32.0 Å². The Kier molecular flexibility index (Phi) is 5.83. The van der Waals surface area contributed by atoms with E-state index < -0.39 is 0 Å². The van der Waals surface area contributed by atoms with E-state index in [1.807, 2.05) is 35.2 Å². The first kappa shape index (κ1) is 18.8. The second-order valence-corrected chi connectivity index (χ2v) is 7.52. The van der Waals surface area contributed by atoms with Crippen LogP contribution < -0.4 is 4.74 Å². The number of likely N-dealkylation sites (N-methyl/N-ethyl adjacent to an activating group) is 1. The molecule has 0 N–H and O–H groups in total. The van der Waals surface area contributed by atoms with Crippen molar-refractivity contribution >= 4 is 5.91 Å². The summed E-state index contributed by atoms with van der Waals surface area (Å²) in [6.45, 7) is 6.07. The molecule has 1 aromatic carbocycles. The predicted octanol–water partition coefficient (Wildman–Crippen LogP) is 2.12. The first-order chi connectivity index (χ1) is 13.7. The molecule has 0 unspecified atom stereocenters. The topological polar surface area (TPSA) is 61.8 Å². The van der Waals surface area contributed by atoms with Crippen molar-refractivity contribution in [3.8, 4) is 11.6 Å². The average molecular weight is 381 g/mol. The van der Waals surface area contributed by atoms with E-state index in [-0.39, 0.29) is 5.91 Å². The molecule has 2 aromatic rings. The zero-order valence-electron chi connectivity index (χ0n) is 16.3. The molecule has 2 aliphatic heterocycles. The number of ether oxygens (including phenoxy) is 1. The van der Waals surface area contributed by atoms with E-state index in [1.54, 1.807) is 0 Å². The summed E-state index contributed by atoms with van der Waals surface area (Å²) in [6, 6.07) is 10.0. The fourth-order valence-electron chi connectivity index (χ4n) is 3.87. The summed E-state index contributed by atoms with van der Waals surface area (Å²) in [7, 11) is 2.18. The average Bonchev–Trinajstić information content (AvgIpc) is 2.75. The van der Waals surface area contributed by atoms with Crippen molar-refractivity contribution in [1.82, 2.24) is 24.7 Å². The number of rotatable bonds is 4. The van der Waals surface area contributed by atoms with Crippen molar-refractivity contribution in [2.45, 2.75) is 18.9 Å². The molecule has 0 saturated carbocycles. The molecule has 0 spiro atoms. The van der Waals surface area contributed by atoms with Crippen LogP contribution >= 0.6 is 0 Å². The zero-order valence-corrected chi connectivity index (χ0v) is 16.3. The molecule has 148 valence electrons. The second kappa shape index (κ2) is 8.67. The highest BCUT2D eigenvalue weighted by atomic mass is 16.5. The number of para-hydroxylation sites is 1. The molecule has 2 aliphatic rings. The Labute approximate surface area is 165 Å². The normalized spacial score (nSPS) is 19.5. The van der Waals surface area contributed by atoms with Crippen molar-refractivity contribution in [3.63, 3.8) is 0 Å². The number of piperidine rings is 1. The molecule has 2 saturated heterocycles. The summed E-state index contributed by atoms with van der Waals surface area (Å²) >= 11 is 0. The van der Waals surface area contributed by atoms with Crippen molar-refractivity contribution in [1.29, 1.82) is 0 Å². The smallest absolute Gasteiger partial charge is 0.274 e. The predicted molar refractivity (Wildman–Crippen MR) is 107 cm³/mol. The van der Waals surface area contributed by atoms with Crippen molar-refractivity contribution in [3.05, 3.63) is 48.4 Å². The Bertz CT molecular complexity index is 767. The summed E-state index contributed by atoms with van der Waals surface area (Å²) < 4.78 is 5.64. The first-order valence-electron chi connectivity index (χ1n) is 9.96. The lowest BCUT2D eigenvalue weighted by Crippen LogP contribution is -2.53. The minimum Gasteiger partial charge on any atom is -0.438 e. The van der Waals surface area contributed by atoms with Crippen LogP contribution in [0.15, 0.2) is 42.7 Å². The number of piperazine rings is 1. The number of carbonyl (C=O) groups is 1. The van der Waals surface area contributed by atoms with Gasteiger partial charge in [0.25, 0.3) is 5.91 Å². The number of hydrogen-bond donors (Lipinski definition) is 0. The van der Waals surface area contributed by atoms with Crippen LogP contribution in [0.5, 0.6) is 11.6 Å². The highest BCUT2D eigenvalue weighted by Gasteiger charge is 2.29. The highest BCUT2D eigenvalue weighted by molar-refractivity contribution is 5.92. The van der Waals surface area contributed by atoms with Gasteiger partial charge >= 0.3 is 0 Å². The van der Waals surface area contributed by atoms with E-state index in [4.69, 9.17) is 4.74 Å². The van der Waals surface area contributed by atoms with Crippen LogP contribution in [0, 0.1) is 0 Å². The van der Waals surface area contributed by atoms with Gasteiger partial charge in [-0.3, -0.25) is 9.69 Å². The fraction of sp³-hybridized carbons (Fsp3) is 0.476. The maximum absolute atomic E-state index is 12.8. The van der Waals surface area contributed by atoms with Gasteiger partial charge in [0, 0.05) is 45.3 Å². The quantitative estimate of drug-likeness (QED) is 0.809. The van der Waals surface area contributed by atoms with Crippen LogP contribution in [0.1, 0.15) is 23.3 Å². The number of aromatic nitrogens is 2. The molecule has 2 fully saturated rings. The number of benzene rings is 1. The largest absolute Gasteiger partial charge is 0.438 e. The lowest BCUT2D eigenvalue weighted by molar-refractivity contribution is 0.0514. The molecule has 1 amide bonds. The Hall–Kier alpha value is -2.51. The van der Waals surface area contributed by atoms with Gasteiger partial charge in [0.15, 0.2) is 0 Å². The molecule has 3 heterocycles. The Morgan fingerprint density at radius 1 is 0.964 bits per heavy atom.